The highest BCUT2D eigenvalue weighted by Crippen LogP contribution is 2.38. The molecule has 11 heteroatoms. The van der Waals surface area contributed by atoms with Gasteiger partial charge >= 0.3 is 0 Å². The fourth-order valence-corrected chi connectivity index (χ4v) is 6.02. The molecule has 0 aliphatic rings. The van der Waals surface area contributed by atoms with Crippen LogP contribution in [0.15, 0.2) is 126 Å². The summed E-state index contributed by atoms with van der Waals surface area (Å²) in [6.07, 6.45) is 1.50. The maximum Gasteiger partial charge on any atom is 0.271 e. The highest BCUT2D eigenvalue weighted by Gasteiger charge is 2.15. The van der Waals surface area contributed by atoms with Crippen LogP contribution in [0.25, 0.3) is 11.3 Å². The largest absolute Gasteiger partial charge is 0.493 e. The lowest BCUT2D eigenvalue weighted by molar-refractivity contribution is 0.0955. The number of hydrazone groups is 1. The highest BCUT2D eigenvalue weighted by atomic mass is 35.5. The molecular formula is C40H35ClN4O5S. The third-order valence-corrected chi connectivity index (χ3v) is 8.57. The summed E-state index contributed by atoms with van der Waals surface area (Å²) in [5, 5.41) is 10.5. The fraction of sp³-hybridized carbons (Fsp3) is 0.125. The molecule has 0 spiro atoms. The van der Waals surface area contributed by atoms with Crippen LogP contribution < -0.4 is 29.7 Å². The van der Waals surface area contributed by atoms with Crippen LogP contribution in [0.5, 0.6) is 23.0 Å². The van der Waals surface area contributed by atoms with Crippen LogP contribution in [0.1, 0.15) is 34.0 Å². The van der Waals surface area contributed by atoms with Crippen LogP contribution in [0.3, 0.4) is 0 Å². The number of ether oxygens (including phenoxy) is 4. The number of hydrogen-bond acceptors (Lipinski definition) is 9. The number of rotatable bonds is 15. The molecule has 0 aliphatic heterocycles. The molecule has 6 aromatic rings. The van der Waals surface area contributed by atoms with Crippen LogP contribution in [0.2, 0.25) is 5.02 Å². The van der Waals surface area contributed by atoms with E-state index in [0.717, 1.165) is 33.2 Å². The Balaban J connectivity index is 1.05. The zero-order chi connectivity index (χ0) is 35.4. The molecule has 0 atom stereocenters. The minimum atomic E-state index is -0.356. The number of anilines is 2. The summed E-state index contributed by atoms with van der Waals surface area (Å²) in [6, 6.07) is 36.1. The monoisotopic (exact) mass is 718 g/mol. The number of nitrogens with zero attached hydrogens (tertiary/aromatic N) is 2. The molecule has 1 amide bonds. The van der Waals surface area contributed by atoms with Crippen molar-refractivity contribution in [3.63, 3.8) is 0 Å². The van der Waals surface area contributed by atoms with E-state index in [1.54, 1.807) is 31.4 Å². The van der Waals surface area contributed by atoms with Gasteiger partial charge < -0.3 is 24.3 Å². The molecule has 0 aliphatic carbocycles. The predicted octanol–water partition coefficient (Wildman–Crippen LogP) is 9.54. The lowest BCUT2D eigenvalue weighted by Crippen LogP contribution is -2.17. The number of para-hydroxylation sites is 1. The summed E-state index contributed by atoms with van der Waals surface area (Å²) in [6.45, 7) is 2.91. The molecule has 1 heterocycles. The van der Waals surface area contributed by atoms with E-state index in [1.165, 1.54) is 17.6 Å². The molecule has 5 aromatic carbocycles. The van der Waals surface area contributed by atoms with Gasteiger partial charge in [0.05, 0.1) is 30.6 Å². The lowest BCUT2D eigenvalue weighted by atomic mass is 10.1. The maximum atomic E-state index is 12.8. The van der Waals surface area contributed by atoms with E-state index in [9.17, 15) is 4.79 Å². The van der Waals surface area contributed by atoms with Gasteiger partial charge in [0.15, 0.2) is 28.1 Å². The molecule has 9 nitrogen and oxygen atoms in total. The second-order valence-corrected chi connectivity index (χ2v) is 12.4. The number of benzene rings is 5. The van der Waals surface area contributed by atoms with E-state index in [4.69, 9.17) is 30.5 Å². The van der Waals surface area contributed by atoms with E-state index >= 15 is 0 Å². The molecule has 6 rings (SSSR count). The van der Waals surface area contributed by atoms with Crippen molar-refractivity contribution in [3.8, 4) is 34.3 Å². The van der Waals surface area contributed by atoms with Gasteiger partial charge in [-0.1, -0.05) is 78.3 Å². The Morgan fingerprint density at radius 3 is 2.31 bits per heavy atom. The zero-order valence-electron chi connectivity index (χ0n) is 28.0. The van der Waals surface area contributed by atoms with Gasteiger partial charge in [0.2, 0.25) is 0 Å². The Labute approximate surface area is 305 Å². The molecule has 0 unspecified atom stereocenters. The van der Waals surface area contributed by atoms with Gasteiger partial charge in [-0.3, -0.25) is 4.79 Å². The summed E-state index contributed by atoms with van der Waals surface area (Å²) < 4.78 is 23.5. The van der Waals surface area contributed by atoms with E-state index in [2.05, 4.69) is 20.8 Å². The Morgan fingerprint density at radius 1 is 0.824 bits per heavy atom. The Morgan fingerprint density at radius 2 is 1.57 bits per heavy atom. The van der Waals surface area contributed by atoms with Crippen molar-refractivity contribution in [1.82, 2.24) is 10.4 Å². The topological polar surface area (TPSA) is 103 Å². The van der Waals surface area contributed by atoms with Crippen LogP contribution >= 0.6 is 22.9 Å². The molecule has 0 radical (unpaired) electrons. The fourth-order valence-electron chi connectivity index (χ4n) is 5.01. The average Bonchev–Trinajstić information content (AvgIpc) is 3.63. The van der Waals surface area contributed by atoms with Gasteiger partial charge in [0.25, 0.3) is 5.91 Å². The molecule has 2 N–H and O–H groups in total. The van der Waals surface area contributed by atoms with Gasteiger partial charge in [0, 0.05) is 22.2 Å². The SMILES string of the molecule is CCOc1cc(/C=N/NC(=O)c2ccc(-c3csc(Nc4ccccc4)n3)cc2)cc(Cl)c1OCc1ccc(OCc2ccccc2)c(OC)c1. The first-order valence-corrected chi connectivity index (χ1v) is 17.4. The van der Waals surface area contributed by atoms with Gasteiger partial charge in [-0.2, -0.15) is 5.10 Å². The number of carbonyl (C=O) groups excluding carboxylic acids is 1. The molecule has 0 saturated carbocycles. The van der Waals surface area contributed by atoms with E-state index in [0.29, 0.717) is 52.4 Å². The summed E-state index contributed by atoms with van der Waals surface area (Å²) in [5.74, 6) is 1.72. The van der Waals surface area contributed by atoms with Crippen molar-refractivity contribution in [2.24, 2.45) is 5.10 Å². The second kappa shape index (κ2) is 17.2. The first kappa shape index (κ1) is 35.0. The quantitative estimate of drug-likeness (QED) is 0.0805. The van der Waals surface area contributed by atoms with Crippen LogP contribution in [-0.4, -0.2) is 30.8 Å². The van der Waals surface area contributed by atoms with Crippen molar-refractivity contribution < 1.29 is 23.7 Å². The number of hydrogen-bond donors (Lipinski definition) is 2. The maximum absolute atomic E-state index is 12.8. The minimum Gasteiger partial charge on any atom is -0.493 e. The Kier molecular flexibility index (Phi) is 11.8. The van der Waals surface area contributed by atoms with Crippen molar-refractivity contribution in [2.75, 3.05) is 19.0 Å². The summed E-state index contributed by atoms with van der Waals surface area (Å²) in [4.78, 5) is 17.5. The van der Waals surface area contributed by atoms with E-state index < -0.39 is 0 Å². The first-order chi connectivity index (χ1) is 25.0. The van der Waals surface area contributed by atoms with Crippen LogP contribution in [0, 0.1) is 0 Å². The molecule has 1 aromatic heterocycles. The van der Waals surface area contributed by atoms with Crippen molar-refractivity contribution >= 4 is 45.9 Å². The number of amides is 1. The number of nitrogens with one attached hydrogen (secondary N) is 2. The normalized spacial score (nSPS) is 10.9. The number of halogens is 1. The van der Waals surface area contributed by atoms with Crippen molar-refractivity contribution in [1.29, 1.82) is 0 Å². The molecule has 0 fully saturated rings. The lowest BCUT2D eigenvalue weighted by Gasteiger charge is -2.16. The number of thiazole rings is 1. The minimum absolute atomic E-state index is 0.214. The highest BCUT2D eigenvalue weighted by molar-refractivity contribution is 7.14. The zero-order valence-corrected chi connectivity index (χ0v) is 29.5. The number of aromatic nitrogens is 1. The van der Waals surface area contributed by atoms with E-state index in [-0.39, 0.29) is 12.5 Å². The molecule has 0 saturated heterocycles. The second-order valence-electron chi connectivity index (χ2n) is 11.1. The smallest absolute Gasteiger partial charge is 0.271 e. The Bertz CT molecular complexity index is 2090. The first-order valence-electron chi connectivity index (χ1n) is 16.1. The van der Waals surface area contributed by atoms with Gasteiger partial charge in [-0.05, 0) is 72.1 Å². The van der Waals surface area contributed by atoms with Gasteiger partial charge in [0.1, 0.15) is 13.2 Å². The Hall–Kier alpha value is -5.84. The molecule has 51 heavy (non-hydrogen) atoms. The van der Waals surface area contributed by atoms with E-state index in [1.807, 2.05) is 103 Å². The summed E-state index contributed by atoms with van der Waals surface area (Å²) >= 11 is 8.17. The summed E-state index contributed by atoms with van der Waals surface area (Å²) in [5.41, 5.74) is 8.26. The number of carbonyl (C=O) groups is 1. The number of methoxy groups -OCH3 is 1. The predicted molar refractivity (Wildman–Crippen MR) is 203 cm³/mol. The van der Waals surface area contributed by atoms with Crippen LogP contribution in [0.4, 0.5) is 10.8 Å². The van der Waals surface area contributed by atoms with Gasteiger partial charge in [-0.25, -0.2) is 10.4 Å². The third-order valence-electron chi connectivity index (χ3n) is 7.53. The molecular weight excluding hydrogens is 684 g/mol. The summed E-state index contributed by atoms with van der Waals surface area (Å²) in [7, 11) is 1.60. The van der Waals surface area contributed by atoms with Crippen molar-refractivity contribution in [3.05, 3.63) is 148 Å². The molecule has 258 valence electrons. The third kappa shape index (κ3) is 9.45. The van der Waals surface area contributed by atoms with Crippen LogP contribution in [-0.2, 0) is 13.2 Å². The van der Waals surface area contributed by atoms with Crippen molar-refractivity contribution in [2.45, 2.75) is 20.1 Å². The molecule has 0 bridgehead atoms. The average molecular weight is 719 g/mol. The standard InChI is InChI=1S/C40H35ClN4O5S/c1-3-48-37-22-29(20-33(41)38(37)50-25-28-14-19-35(36(21-28)47-2)49-24-27-10-6-4-7-11-27)23-42-45-39(46)31-17-15-30(16-18-31)34-26-51-40(44-34)43-32-12-8-5-9-13-32/h4-23,26H,3,24-25H2,1-2H3,(H,43,44)(H,45,46)/b42-23+. The van der Waals surface area contributed by atoms with Gasteiger partial charge in [-0.15, -0.1) is 11.3 Å².